The molecule has 3 aliphatic heterocycles. The van der Waals surface area contributed by atoms with E-state index in [2.05, 4.69) is 40.2 Å². The van der Waals surface area contributed by atoms with Crippen LogP contribution in [-0.2, 0) is 9.59 Å². The lowest BCUT2D eigenvalue weighted by atomic mass is 9.61. The molecule has 0 bridgehead atoms. The van der Waals surface area contributed by atoms with Crippen molar-refractivity contribution < 1.29 is 9.59 Å². The number of imide groups is 1. The van der Waals surface area contributed by atoms with Gasteiger partial charge in [0.05, 0.1) is 0 Å². The average molecular weight is 558 g/mol. The van der Waals surface area contributed by atoms with Crippen molar-refractivity contribution in [3.05, 3.63) is 41.0 Å². The van der Waals surface area contributed by atoms with Crippen LogP contribution in [0, 0.1) is 23.7 Å². The molecule has 3 heterocycles. The van der Waals surface area contributed by atoms with Crippen molar-refractivity contribution in [1.82, 2.24) is 10.6 Å². The molecule has 3 N–H and O–H groups in total. The first kappa shape index (κ1) is 27.7. The number of amides is 2. The summed E-state index contributed by atoms with van der Waals surface area (Å²) in [4.78, 5) is 27.8. The monoisotopic (exact) mass is 557 g/mol. The van der Waals surface area contributed by atoms with Crippen molar-refractivity contribution >= 4 is 17.5 Å². The highest BCUT2D eigenvalue weighted by Gasteiger charge is 2.57. The van der Waals surface area contributed by atoms with E-state index in [9.17, 15) is 9.59 Å². The summed E-state index contributed by atoms with van der Waals surface area (Å²) in [6.07, 6.45) is 23.2. The predicted molar refractivity (Wildman–Crippen MR) is 165 cm³/mol. The summed E-state index contributed by atoms with van der Waals surface area (Å²) in [5, 5.41) is 10.9. The van der Waals surface area contributed by atoms with Gasteiger partial charge in [-0.15, -0.1) is 0 Å². The van der Waals surface area contributed by atoms with Crippen LogP contribution in [0.4, 0.5) is 5.69 Å². The fourth-order valence-electron chi connectivity index (χ4n) is 10.5. The minimum atomic E-state index is -0.121. The molecule has 2 amide bonds. The molecule has 1 aromatic rings. The van der Waals surface area contributed by atoms with Crippen molar-refractivity contribution in [3.63, 3.8) is 0 Å². The van der Waals surface area contributed by atoms with Gasteiger partial charge in [-0.1, -0.05) is 95.2 Å². The third kappa shape index (κ3) is 4.98. The Balaban J connectivity index is 1.28. The number of hydrogen-bond acceptors (Lipinski definition) is 4. The van der Waals surface area contributed by atoms with Gasteiger partial charge in [0, 0.05) is 46.8 Å². The normalized spacial score (nSPS) is 35.6. The summed E-state index contributed by atoms with van der Waals surface area (Å²) >= 11 is 0. The largest absolute Gasteiger partial charge is 0.381 e. The third-order valence-electron chi connectivity index (χ3n) is 12.3. The molecule has 1 aromatic carbocycles. The lowest BCUT2D eigenvalue weighted by Gasteiger charge is -2.47. The highest BCUT2D eigenvalue weighted by atomic mass is 16.2. The molecule has 5 unspecified atom stereocenters. The van der Waals surface area contributed by atoms with Crippen molar-refractivity contribution in [1.29, 1.82) is 0 Å². The Labute approximate surface area is 247 Å². The number of fused-ring (bicyclic) bond motifs is 2. The zero-order valence-electron chi connectivity index (χ0n) is 25.0. The lowest BCUT2D eigenvalue weighted by molar-refractivity contribution is -0.124. The van der Waals surface area contributed by atoms with Gasteiger partial charge < -0.3 is 10.6 Å². The van der Waals surface area contributed by atoms with Crippen LogP contribution >= 0.6 is 0 Å². The molecule has 41 heavy (non-hydrogen) atoms. The molecular weight excluding hydrogens is 506 g/mol. The van der Waals surface area contributed by atoms with Crippen molar-refractivity contribution in [3.8, 4) is 0 Å². The zero-order valence-corrected chi connectivity index (χ0v) is 25.0. The van der Waals surface area contributed by atoms with Crippen molar-refractivity contribution in [2.45, 2.75) is 133 Å². The lowest BCUT2D eigenvalue weighted by Crippen LogP contribution is -2.53. The van der Waals surface area contributed by atoms with Gasteiger partial charge in [-0.2, -0.15) is 0 Å². The van der Waals surface area contributed by atoms with Crippen molar-refractivity contribution in [2.75, 3.05) is 11.9 Å². The van der Waals surface area contributed by atoms with Crippen LogP contribution in [-0.4, -0.2) is 29.9 Å². The van der Waals surface area contributed by atoms with Crippen LogP contribution < -0.4 is 16.0 Å². The van der Waals surface area contributed by atoms with E-state index in [0.717, 1.165) is 23.4 Å². The second kappa shape index (κ2) is 11.9. The molecule has 0 radical (unpaired) electrons. The van der Waals surface area contributed by atoms with Crippen LogP contribution in [0.1, 0.15) is 127 Å². The number of hydrogen-bond donors (Lipinski definition) is 3. The fraction of sp³-hybridized carbons (Fsp3) is 0.722. The Bertz CT molecular complexity index is 1160. The Morgan fingerprint density at radius 3 is 2.07 bits per heavy atom. The van der Waals surface area contributed by atoms with Crippen LogP contribution in [0.2, 0.25) is 0 Å². The summed E-state index contributed by atoms with van der Waals surface area (Å²) in [5.41, 5.74) is 4.18. The van der Waals surface area contributed by atoms with Crippen LogP contribution in [0.15, 0.2) is 35.4 Å². The molecular formula is C36H51N3O2. The van der Waals surface area contributed by atoms with Gasteiger partial charge in [-0.05, 0) is 67.9 Å². The molecule has 5 atom stereocenters. The summed E-state index contributed by atoms with van der Waals surface area (Å²) < 4.78 is 0. The molecule has 0 aromatic heterocycles. The fourth-order valence-corrected chi connectivity index (χ4v) is 10.5. The summed E-state index contributed by atoms with van der Waals surface area (Å²) in [7, 11) is 0. The van der Waals surface area contributed by atoms with E-state index in [1.54, 1.807) is 0 Å². The minimum absolute atomic E-state index is 0.0464. The third-order valence-corrected chi connectivity index (χ3v) is 12.3. The van der Waals surface area contributed by atoms with E-state index in [-0.39, 0.29) is 35.2 Å². The summed E-state index contributed by atoms with van der Waals surface area (Å²) in [6, 6.07) is 8.80. The standard InChI is InChI=1S/C36H51N3O2/c40-34-31(27-23-37-36(22-14-13-20-28(27)36)25-17-9-5-6-10-18-25)32(35(41)39-34)30-26-19-11-12-21-29(26)38-33(30)24-15-7-3-1-2-4-8-16-24/h11-12,19,21,24-25,27-28,30,33,37-38H,1-10,13-18,20,22-23H2,(H,39,40,41). The van der Waals surface area contributed by atoms with Gasteiger partial charge >= 0.3 is 0 Å². The second-order valence-corrected chi connectivity index (χ2v) is 14.4. The number of rotatable bonds is 4. The maximum absolute atomic E-state index is 13.9. The molecule has 0 spiro atoms. The number of para-hydroxylation sites is 1. The zero-order chi connectivity index (χ0) is 27.8. The SMILES string of the molecule is O=C1NC(=O)C(C2c3ccccc3NC2C2CCCCCCCC2)=C1C1CNC2(C3CCCCCC3)CCCCC12. The number of anilines is 1. The number of carbonyl (C=O) groups excluding carboxylic acids is 2. The van der Waals surface area contributed by atoms with E-state index >= 15 is 0 Å². The van der Waals surface area contributed by atoms with Gasteiger partial charge in [-0.3, -0.25) is 14.9 Å². The molecule has 3 saturated carbocycles. The Morgan fingerprint density at radius 2 is 1.32 bits per heavy atom. The summed E-state index contributed by atoms with van der Waals surface area (Å²) in [5.74, 6) is 1.54. The van der Waals surface area contributed by atoms with E-state index < -0.39 is 0 Å². The van der Waals surface area contributed by atoms with E-state index in [4.69, 9.17) is 0 Å². The van der Waals surface area contributed by atoms with Crippen LogP contribution in [0.25, 0.3) is 0 Å². The molecule has 4 fully saturated rings. The van der Waals surface area contributed by atoms with E-state index in [1.807, 2.05) is 0 Å². The molecule has 7 rings (SSSR count). The quantitative estimate of drug-likeness (QED) is 0.267. The molecule has 3 aliphatic carbocycles. The number of benzene rings is 1. The predicted octanol–water partition coefficient (Wildman–Crippen LogP) is 7.39. The highest BCUT2D eigenvalue weighted by molar-refractivity contribution is 6.20. The highest BCUT2D eigenvalue weighted by Crippen LogP contribution is 2.55. The number of carbonyl (C=O) groups is 2. The van der Waals surface area contributed by atoms with E-state index in [1.165, 1.54) is 121 Å². The van der Waals surface area contributed by atoms with Gasteiger partial charge in [0.25, 0.3) is 11.8 Å². The molecule has 1 saturated heterocycles. The average Bonchev–Trinajstić information content (AvgIpc) is 3.58. The van der Waals surface area contributed by atoms with Gasteiger partial charge in [-0.25, -0.2) is 0 Å². The Hall–Kier alpha value is -2.14. The maximum atomic E-state index is 13.9. The Morgan fingerprint density at radius 1 is 0.683 bits per heavy atom. The van der Waals surface area contributed by atoms with Gasteiger partial charge in [0.2, 0.25) is 0 Å². The maximum Gasteiger partial charge on any atom is 0.255 e. The molecule has 5 heteroatoms. The second-order valence-electron chi connectivity index (χ2n) is 14.4. The molecule has 222 valence electrons. The van der Waals surface area contributed by atoms with Gasteiger partial charge in [0.15, 0.2) is 0 Å². The first-order valence-corrected chi connectivity index (χ1v) is 17.4. The molecule has 5 nitrogen and oxygen atoms in total. The Kier molecular flexibility index (Phi) is 8.01. The van der Waals surface area contributed by atoms with E-state index in [0.29, 0.717) is 17.8 Å². The smallest absolute Gasteiger partial charge is 0.255 e. The van der Waals surface area contributed by atoms with Crippen LogP contribution in [0.5, 0.6) is 0 Å². The van der Waals surface area contributed by atoms with Crippen molar-refractivity contribution in [2.24, 2.45) is 23.7 Å². The van der Waals surface area contributed by atoms with Gasteiger partial charge in [0.1, 0.15) is 0 Å². The minimum Gasteiger partial charge on any atom is -0.381 e. The first-order chi connectivity index (χ1) is 20.2. The summed E-state index contributed by atoms with van der Waals surface area (Å²) in [6.45, 7) is 0.844. The first-order valence-electron chi connectivity index (χ1n) is 17.4. The topological polar surface area (TPSA) is 70.2 Å². The molecule has 6 aliphatic rings. The number of nitrogens with one attached hydrogen (secondary N) is 3. The van der Waals surface area contributed by atoms with Crippen LogP contribution in [0.3, 0.4) is 0 Å².